The maximum Gasteiger partial charge on any atom is 0.204 e. The lowest BCUT2D eigenvalue weighted by Crippen LogP contribution is -1.98. The molecule has 1 aromatic carbocycles. The molecule has 12 heavy (non-hydrogen) atoms. The summed E-state index contributed by atoms with van der Waals surface area (Å²) >= 11 is 1.10. The first-order valence-corrected chi connectivity index (χ1v) is 3.75. The molecule has 0 saturated heterocycles. The van der Waals surface area contributed by atoms with Gasteiger partial charge in [0.2, 0.25) is 11.6 Å². The Bertz CT molecular complexity index is 234. The van der Waals surface area contributed by atoms with Crippen LogP contribution in [0, 0.1) is 26.8 Å². The van der Waals surface area contributed by atoms with Crippen molar-refractivity contribution in [3.63, 3.8) is 0 Å². The Kier molecular flexibility index (Phi) is 2.45. The predicted octanol–water partition coefficient (Wildman–Crippen LogP) is 2.55. The van der Waals surface area contributed by atoms with Crippen LogP contribution in [-0.4, -0.2) is 5.11 Å². The van der Waals surface area contributed by atoms with Gasteiger partial charge in [0, 0.05) is 0 Å². The van der Waals surface area contributed by atoms with Crippen LogP contribution in [0.2, 0.25) is 0 Å². The molecule has 0 saturated carbocycles. The number of benzene rings is 1. The molecule has 0 atom stereocenters. The average molecular weight is 292 g/mol. The van der Waals surface area contributed by atoms with Gasteiger partial charge in [-0.05, 0) is 22.6 Å². The molecule has 0 fully saturated rings. The topological polar surface area (TPSA) is 20.2 Å². The first-order chi connectivity index (χ1) is 5.46. The van der Waals surface area contributed by atoms with Crippen molar-refractivity contribution >= 4 is 22.6 Å². The van der Waals surface area contributed by atoms with E-state index in [1.54, 1.807) is 0 Å². The molecule has 0 aliphatic carbocycles. The second-order valence-electron chi connectivity index (χ2n) is 1.92. The van der Waals surface area contributed by atoms with E-state index in [1.165, 1.54) is 0 Å². The molecular formula is C6HF4IO. The van der Waals surface area contributed by atoms with Gasteiger partial charge in [-0.25, -0.2) is 8.78 Å². The Hall–Kier alpha value is -0.530. The molecule has 66 valence electrons. The Morgan fingerprint density at radius 2 is 1.17 bits per heavy atom. The van der Waals surface area contributed by atoms with Crippen LogP contribution in [-0.2, 0) is 0 Å². The van der Waals surface area contributed by atoms with Gasteiger partial charge in [0.05, 0.1) is 3.57 Å². The van der Waals surface area contributed by atoms with E-state index in [4.69, 9.17) is 5.11 Å². The van der Waals surface area contributed by atoms with Crippen LogP contribution in [0.4, 0.5) is 17.6 Å². The van der Waals surface area contributed by atoms with Crippen LogP contribution in [0.15, 0.2) is 0 Å². The summed E-state index contributed by atoms with van der Waals surface area (Å²) in [6, 6.07) is 0. The molecule has 0 radical (unpaired) electrons. The smallest absolute Gasteiger partial charge is 0.204 e. The minimum absolute atomic E-state index is 0.819. The van der Waals surface area contributed by atoms with E-state index in [-0.39, 0.29) is 0 Å². The second kappa shape index (κ2) is 3.08. The van der Waals surface area contributed by atoms with Gasteiger partial charge in [-0.3, -0.25) is 0 Å². The largest absolute Gasteiger partial charge is 0.503 e. The predicted molar refractivity (Wildman–Crippen MR) is 40.7 cm³/mol. The molecule has 0 aliphatic heterocycles. The summed E-state index contributed by atoms with van der Waals surface area (Å²) in [4.78, 5) is 0. The fourth-order valence-corrected chi connectivity index (χ4v) is 1.07. The van der Waals surface area contributed by atoms with Gasteiger partial charge in [0.25, 0.3) is 0 Å². The first-order valence-electron chi connectivity index (χ1n) is 2.67. The SMILES string of the molecule is Oc1c(F)c(F)c(I)c(F)c1F. The van der Waals surface area contributed by atoms with Gasteiger partial charge in [-0.15, -0.1) is 0 Å². The molecule has 0 spiro atoms. The van der Waals surface area contributed by atoms with Crippen LogP contribution in [0.1, 0.15) is 0 Å². The van der Waals surface area contributed by atoms with Gasteiger partial charge >= 0.3 is 0 Å². The number of hydrogen-bond acceptors (Lipinski definition) is 1. The zero-order valence-corrected chi connectivity index (χ0v) is 7.49. The standard InChI is InChI=1S/C6HF4IO/c7-1-3(9)6(12)4(10)2(8)5(1)11/h12H. The van der Waals surface area contributed by atoms with E-state index in [0.717, 1.165) is 22.6 Å². The molecule has 0 amide bonds. The van der Waals surface area contributed by atoms with E-state index in [1.807, 2.05) is 0 Å². The van der Waals surface area contributed by atoms with Gasteiger partial charge in [0.1, 0.15) is 0 Å². The highest BCUT2D eigenvalue weighted by molar-refractivity contribution is 14.1. The molecule has 0 bridgehead atoms. The van der Waals surface area contributed by atoms with Crippen molar-refractivity contribution in [3.8, 4) is 5.75 Å². The summed E-state index contributed by atoms with van der Waals surface area (Å²) in [7, 11) is 0. The number of hydrogen-bond donors (Lipinski definition) is 1. The van der Waals surface area contributed by atoms with E-state index in [2.05, 4.69) is 0 Å². The molecule has 0 unspecified atom stereocenters. The molecular weight excluding hydrogens is 291 g/mol. The highest BCUT2D eigenvalue weighted by Gasteiger charge is 2.23. The lowest BCUT2D eigenvalue weighted by Gasteiger charge is -2.02. The van der Waals surface area contributed by atoms with E-state index >= 15 is 0 Å². The van der Waals surface area contributed by atoms with E-state index in [0.29, 0.717) is 0 Å². The Labute approximate surface area is 78.1 Å². The third-order valence-electron chi connectivity index (χ3n) is 1.19. The number of phenolic OH excluding ortho intramolecular Hbond substituents is 1. The number of aromatic hydroxyl groups is 1. The fourth-order valence-electron chi connectivity index (χ4n) is 0.593. The van der Waals surface area contributed by atoms with Gasteiger partial charge < -0.3 is 5.11 Å². The van der Waals surface area contributed by atoms with Crippen molar-refractivity contribution in [1.29, 1.82) is 0 Å². The third-order valence-corrected chi connectivity index (χ3v) is 2.13. The van der Waals surface area contributed by atoms with Gasteiger partial charge in [-0.2, -0.15) is 8.78 Å². The highest BCUT2D eigenvalue weighted by Crippen LogP contribution is 2.29. The summed E-state index contributed by atoms with van der Waals surface area (Å²) in [5.74, 6) is -8.37. The van der Waals surface area contributed by atoms with Crippen LogP contribution >= 0.6 is 22.6 Å². The monoisotopic (exact) mass is 292 g/mol. The molecule has 0 aliphatic rings. The summed E-state index contributed by atoms with van der Waals surface area (Å²) in [5.41, 5.74) is 0. The second-order valence-corrected chi connectivity index (χ2v) is 3.00. The Morgan fingerprint density at radius 1 is 0.833 bits per heavy atom. The maximum absolute atomic E-state index is 12.5. The number of rotatable bonds is 0. The maximum atomic E-state index is 12.5. The molecule has 1 nitrogen and oxygen atoms in total. The summed E-state index contributed by atoms with van der Waals surface area (Å²) < 4.78 is 48.9. The van der Waals surface area contributed by atoms with Crippen molar-refractivity contribution in [2.75, 3.05) is 0 Å². The van der Waals surface area contributed by atoms with Crippen molar-refractivity contribution < 1.29 is 22.7 Å². The summed E-state index contributed by atoms with van der Waals surface area (Å²) in [6.07, 6.45) is 0. The van der Waals surface area contributed by atoms with E-state index in [9.17, 15) is 17.6 Å². The summed E-state index contributed by atoms with van der Waals surface area (Å²) in [5, 5.41) is 8.46. The molecule has 1 rings (SSSR count). The zero-order valence-electron chi connectivity index (χ0n) is 5.34. The highest BCUT2D eigenvalue weighted by atomic mass is 127. The van der Waals surface area contributed by atoms with Crippen LogP contribution in [0.5, 0.6) is 5.75 Å². The Balaban J connectivity index is 3.60. The minimum atomic E-state index is -1.78. The minimum Gasteiger partial charge on any atom is -0.503 e. The average Bonchev–Trinajstić information content (AvgIpc) is 2.08. The lowest BCUT2D eigenvalue weighted by molar-refractivity contribution is 0.353. The van der Waals surface area contributed by atoms with Crippen molar-refractivity contribution in [1.82, 2.24) is 0 Å². The van der Waals surface area contributed by atoms with Gasteiger partial charge in [0.15, 0.2) is 17.4 Å². The number of halogens is 5. The quantitative estimate of drug-likeness (QED) is 0.337. The van der Waals surface area contributed by atoms with Gasteiger partial charge in [-0.1, -0.05) is 0 Å². The fraction of sp³-hybridized carbons (Fsp3) is 0. The van der Waals surface area contributed by atoms with Crippen molar-refractivity contribution in [3.05, 3.63) is 26.8 Å². The van der Waals surface area contributed by atoms with E-state index < -0.39 is 32.6 Å². The number of phenols is 1. The Morgan fingerprint density at radius 3 is 1.50 bits per heavy atom. The molecule has 1 aromatic rings. The molecule has 0 heterocycles. The molecule has 1 N–H and O–H groups in total. The zero-order chi connectivity index (χ0) is 9.46. The van der Waals surface area contributed by atoms with Crippen LogP contribution < -0.4 is 0 Å². The van der Waals surface area contributed by atoms with Crippen molar-refractivity contribution in [2.45, 2.75) is 0 Å². The normalized spacial score (nSPS) is 10.4. The summed E-state index contributed by atoms with van der Waals surface area (Å²) in [6.45, 7) is 0. The van der Waals surface area contributed by atoms with Crippen molar-refractivity contribution in [2.24, 2.45) is 0 Å². The van der Waals surface area contributed by atoms with Crippen LogP contribution in [0.3, 0.4) is 0 Å². The molecule has 0 aromatic heterocycles. The first kappa shape index (κ1) is 9.56. The van der Waals surface area contributed by atoms with Crippen LogP contribution in [0.25, 0.3) is 0 Å². The molecule has 6 heteroatoms. The third kappa shape index (κ3) is 1.23. The lowest BCUT2D eigenvalue weighted by atomic mass is 10.3.